The maximum atomic E-state index is 12.6. The van der Waals surface area contributed by atoms with Gasteiger partial charge in [0.1, 0.15) is 5.65 Å². The summed E-state index contributed by atoms with van der Waals surface area (Å²) < 4.78 is 1.81. The maximum Gasteiger partial charge on any atom is 0.252 e. The van der Waals surface area contributed by atoms with Crippen molar-refractivity contribution in [1.29, 1.82) is 0 Å². The Morgan fingerprint density at radius 1 is 1.31 bits per heavy atom. The highest BCUT2D eigenvalue weighted by Gasteiger charge is 2.22. The lowest BCUT2D eigenvalue weighted by atomic mass is 9.94. The van der Waals surface area contributed by atoms with E-state index in [1.165, 1.54) is 0 Å². The Morgan fingerprint density at radius 3 is 2.81 bits per heavy atom. The highest BCUT2D eigenvalue weighted by molar-refractivity contribution is 6.11. The second-order valence-corrected chi connectivity index (χ2v) is 7.17. The molecule has 7 nitrogen and oxygen atoms in total. The summed E-state index contributed by atoms with van der Waals surface area (Å²) in [6.07, 6.45) is 1.94. The van der Waals surface area contributed by atoms with Crippen molar-refractivity contribution in [2.45, 2.75) is 38.6 Å². The number of aromatic amines is 1. The van der Waals surface area contributed by atoms with Gasteiger partial charge in [-0.25, -0.2) is 4.52 Å². The molecule has 1 aromatic carbocycles. The molecule has 0 atom stereocenters. The first-order chi connectivity index (χ1) is 12.5. The van der Waals surface area contributed by atoms with Gasteiger partial charge in [-0.1, -0.05) is 6.07 Å². The Balaban J connectivity index is 1.95. The summed E-state index contributed by atoms with van der Waals surface area (Å²) in [5.41, 5.74) is 2.59. The van der Waals surface area contributed by atoms with Crippen LogP contribution in [0.1, 0.15) is 48.7 Å². The highest BCUT2D eigenvalue weighted by atomic mass is 16.1. The Kier molecular flexibility index (Phi) is 4.24. The van der Waals surface area contributed by atoms with Crippen LogP contribution in [0.4, 0.5) is 0 Å². The van der Waals surface area contributed by atoms with E-state index < -0.39 is 0 Å². The third-order valence-electron chi connectivity index (χ3n) is 4.89. The molecule has 1 amide bonds. The summed E-state index contributed by atoms with van der Waals surface area (Å²) in [7, 11) is 0. The van der Waals surface area contributed by atoms with Gasteiger partial charge in [-0.05, 0) is 51.9 Å². The predicted octanol–water partition coefficient (Wildman–Crippen LogP) is 1.78. The van der Waals surface area contributed by atoms with Gasteiger partial charge in [0, 0.05) is 18.0 Å². The smallest absolute Gasteiger partial charge is 0.252 e. The lowest BCUT2D eigenvalue weighted by molar-refractivity contribution is 0.0945. The van der Waals surface area contributed by atoms with Gasteiger partial charge in [0.05, 0.1) is 22.2 Å². The molecule has 136 valence electrons. The van der Waals surface area contributed by atoms with Crippen LogP contribution in [0.5, 0.6) is 0 Å². The zero-order chi connectivity index (χ0) is 18.3. The molecule has 2 aromatic heterocycles. The number of hydrogen-bond donors (Lipinski definition) is 3. The number of nitrogens with zero attached hydrogens (tertiary/aromatic N) is 2. The van der Waals surface area contributed by atoms with Crippen LogP contribution in [0, 0.1) is 0 Å². The number of aromatic nitrogens is 3. The van der Waals surface area contributed by atoms with Gasteiger partial charge >= 0.3 is 0 Å². The number of nitrogens with one attached hydrogen (secondary N) is 3. The quantitative estimate of drug-likeness (QED) is 0.669. The lowest BCUT2D eigenvalue weighted by Gasteiger charge is -2.23. The normalized spacial score (nSPS) is 15.8. The van der Waals surface area contributed by atoms with Crippen LogP contribution in [0.3, 0.4) is 0 Å². The summed E-state index contributed by atoms with van der Waals surface area (Å²) in [5, 5.41) is 11.7. The van der Waals surface area contributed by atoms with Gasteiger partial charge < -0.3 is 15.6 Å². The molecule has 1 saturated heterocycles. The largest absolute Gasteiger partial charge is 0.350 e. The fourth-order valence-electron chi connectivity index (χ4n) is 3.72. The van der Waals surface area contributed by atoms with Crippen molar-refractivity contribution in [1.82, 2.24) is 25.2 Å². The highest BCUT2D eigenvalue weighted by Crippen LogP contribution is 2.28. The molecule has 0 unspecified atom stereocenters. The Hall–Kier alpha value is -2.67. The number of rotatable bonds is 3. The van der Waals surface area contributed by atoms with Crippen molar-refractivity contribution >= 4 is 22.5 Å². The van der Waals surface area contributed by atoms with Gasteiger partial charge in [-0.3, -0.25) is 9.59 Å². The van der Waals surface area contributed by atoms with Gasteiger partial charge in [-0.15, -0.1) is 0 Å². The summed E-state index contributed by atoms with van der Waals surface area (Å²) in [6, 6.07) is 7.15. The van der Waals surface area contributed by atoms with Crippen molar-refractivity contribution in [3.63, 3.8) is 0 Å². The Labute approximate surface area is 150 Å². The molecule has 0 bridgehead atoms. The number of amides is 1. The summed E-state index contributed by atoms with van der Waals surface area (Å²) in [4.78, 5) is 27.9. The Morgan fingerprint density at radius 2 is 2.08 bits per heavy atom. The van der Waals surface area contributed by atoms with Crippen molar-refractivity contribution in [3.8, 4) is 0 Å². The summed E-state index contributed by atoms with van der Waals surface area (Å²) in [6.45, 7) is 5.71. The molecule has 0 saturated carbocycles. The molecule has 1 aliphatic heterocycles. The number of carbonyl (C=O) groups is 1. The number of hydrogen-bond acceptors (Lipinski definition) is 4. The molecule has 3 heterocycles. The second-order valence-electron chi connectivity index (χ2n) is 7.17. The fraction of sp³-hybridized carbons (Fsp3) is 0.421. The molecule has 0 spiro atoms. The minimum Gasteiger partial charge on any atom is -0.350 e. The van der Waals surface area contributed by atoms with Crippen LogP contribution in [0.2, 0.25) is 0 Å². The van der Waals surface area contributed by atoms with Crippen LogP contribution in [-0.2, 0) is 0 Å². The first-order valence-corrected chi connectivity index (χ1v) is 9.11. The van der Waals surface area contributed by atoms with E-state index in [9.17, 15) is 9.59 Å². The molecular weight excluding hydrogens is 330 g/mol. The SMILES string of the molecule is CC(C)NC(=O)c1cccc2nn3c(C4CCNCC4)cc(=O)[nH]c3c12. The maximum absolute atomic E-state index is 12.6. The van der Waals surface area contributed by atoms with Crippen molar-refractivity contribution < 1.29 is 4.79 Å². The summed E-state index contributed by atoms with van der Waals surface area (Å²) in [5.74, 6) is 0.122. The van der Waals surface area contributed by atoms with Gasteiger partial charge in [-0.2, -0.15) is 5.10 Å². The number of fused-ring (bicyclic) bond motifs is 3. The standard InChI is InChI=1S/C19H23N5O2/c1-11(2)21-19(26)13-4-3-5-14-17(13)18-22-16(25)10-15(24(18)23-14)12-6-8-20-9-7-12/h3-5,10-12,20H,6-9H2,1-2H3,(H,21,26)(H,22,25). The third-order valence-corrected chi connectivity index (χ3v) is 4.89. The van der Waals surface area contributed by atoms with E-state index >= 15 is 0 Å². The minimum atomic E-state index is -0.160. The van der Waals surface area contributed by atoms with Crippen LogP contribution in [0.25, 0.3) is 16.6 Å². The molecule has 7 heteroatoms. The number of piperidine rings is 1. The molecular formula is C19H23N5O2. The van der Waals surface area contributed by atoms with E-state index in [1.54, 1.807) is 12.1 Å². The molecule has 3 aromatic rings. The molecule has 26 heavy (non-hydrogen) atoms. The van der Waals surface area contributed by atoms with Gasteiger partial charge in [0.25, 0.3) is 11.5 Å². The van der Waals surface area contributed by atoms with Crippen molar-refractivity contribution in [2.24, 2.45) is 0 Å². The molecule has 0 aliphatic carbocycles. The predicted molar refractivity (Wildman–Crippen MR) is 101 cm³/mol. The van der Waals surface area contributed by atoms with Crippen LogP contribution < -0.4 is 16.2 Å². The van der Waals surface area contributed by atoms with E-state index in [2.05, 4.69) is 15.6 Å². The third kappa shape index (κ3) is 2.88. The van der Waals surface area contributed by atoms with Crippen LogP contribution >= 0.6 is 0 Å². The zero-order valence-electron chi connectivity index (χ0n) is 15.0. The van der Waals surface area contributed by atoms with E-state index in [0.29, 0.717) is 22.1 Å². The first-order valence-electron chi connectivity index (χ1n) is 9.11. The fourth-order valence-corrected chi connectivity index (χ4v) is 3.72. The molecule has 4 rings (SSSR count). The molecule has 1 aliphatic rings. The topological polar surface area (TPSA) is 91.3 Å². The van der Waals surface area contributed by atoms with E-state index in [1.807, 2.05) is 30.5 Å². The van der Waals surface area contributed by atoms with Crippen LogP contribution in [-0.4, -0.2) is 39.6 Å². The number of benzene rings is 1. The summed E-state index contributed by atoms with van der Waals surface area (Å²) >= 11 is 0. The van der Waals surface area contributed by atoms with Gasteiger partial charge in [0.15, 0.2) is 0 Å². The van der Waals surface area contributed by atoms with E-state index in [0.717, 1.165) is 31.6 Å². The first kappa shape index (κ1) is 16.8. The molecule has 0 radical (unpaired) electrons. The van der Waals surface area contributed by atoms with E-state index in [-0.39, 0.29) is 23.4 Å². The van der Waals surface area contributed by atoms with Gasteiger partial charge in [0.2, 0.25) is 0 Å². The zero-order valence-corrected chi connectivity index (χ0v) is 15.0. The minimum absolute atomic E-state index is 0.0314. The molecule has 1 fully saturated rings. The second kappa shape index (κ2) is 6.57. The average Bonchev–Trinajstić information content (AvgIpc) is 2.99. The number of H-pyrrole nitrogens is 1. The lowest BCUT2D eigenvalue weighted by Crippen LogP contribution is -2.30. The van der Waals surface area contributed by atoms with Crippen molar-refractivity contribution in [2.75, 3.05) is 13.1 Å². The van der Waals surface area contributed by atoms with E-state index in [4.69, 9.17) is 5.10 Å². The Bertz CT molecular complexity index is 1030. The number of carbonyl (C=O) groups excluding carboxylic acids is 1. The van der Waals surface area contributed by atoms with Crippen molar-refractivity contribution in [3.05, 3.63) is 45.9 Å². The molecule has 3 N–H and O–H groups in total. The van der Waals surface area contributed by atoms with Crippen LogP contribution in [0.15, 0.2) is 29.1 Å². The average molecular weight is 353 g/mol. The monoisotopic (exact) mass is 353 g/mol.